The Kier molecular flexibility index (Phi) is 4.62. The van der Waals surface area contributed by atoms with E-state index in [9.17, 15) is 12.8 Å². The molecule has 0 amide bonds. The minimum Gasteiger partial charge on any atom is -0.369 e. The minimum atomic E-state index is -3.15. The van der Waals surface area contributed by atoms with Gasteiger partial charge in [0.1, 0.15) is 5.82 Å². The maximum absolute atomic E-state index is 13.9. The topological polar surface area (TPSA) is 66.6 Å². The Morgan fingerprint density at radius 2 is 1.90 bits per heavy atom. The molecule has 1 aromatic rings. The largest absolute Gasteiger partial charge is 0.369 e. The van der Waals surface area contributed by atoms with Gasteiger partial charge in [0.25, 0.3) is 0 Å². The number of anilines is 1. The van der Waals surface area contributed by atoms with Crippen molar-refractivity contribution < 1.29 is 12.8 Å². The summed E-state index contributed by atoms with van der Waals surface area (Å²) in [5.74, 6) is -0.251. The van der Waals surface area contributed by atoms with Gasteiger partial charge in [-0.1, -0.05) is 6.07 Å². The van der Waals surface area contributed by atoms with Gasteiger partial charge in [-0.2, -0.15) is 4.31 Å². The van der Waals surface area contributed by atoms with E-state index in [0.29, 0.717) is 44.7 Å². The highest BCUT2D eigenvalue weighted by molar-refractivity contribution is 7.88. The Balaban J connectivity index is 2.17. The molecule has 20 heavy (non-hydrogen) atoms. The molecule has 0 spiro atoms. The molecular weight excluding hydrogens is 281 g/mol. The molecule has 1 aliphatic rings. The van der Waals surface area contributed by atoms with Crippen molar-refractivity contribution in [3.8, 4) is 0 Å². The fourth-order valence-corrected chi connectivity index (χ4v) is 3.32. The zero-order chi connectivity index (χ0) is 14.8. The van der Waals surface area contributed by atoms with Gasteiger partial charge in [-0.25, -0.2) is 12.8 Å². The number of halogens is 1. The van der Waals surface area contributed by atoms with Gasteiger partial charge in [0.15, 0.2) is 0 Å². The summed E-state index contributed by atoms with van der Waals surface area (Å²) in [6, 6.07) is 4.97. The van der Waals surface area contributed by atoms with Crippen LogP contribution >= 0.6 is 0 Å². The molecule has 0 bridgehead atoms. The summed E-state index contributed by atoms with van der Waals surface area (Å²) in [5, 5.41) is 0. The number of nitrogens with zero attached hydrogens (tertiary/aromatic N) is 2. The van der Waals surface area contributed by atoms with Crippen molar-refractivity contribution in [2.24, 2.45) is 5.73 Å². The molecule has 0 aromatic heterocycles. The van der Waals surface area contributed by atoms with Crippen LogP contribution in [0.25, 0.3) is 0 Å². The number of piperazine rings is 1. The van der Waals surface area contributed by atoms with Crippen molar-refractivity contribution >= 4 is 15.7 Å². The second-order valence-electron chi connectivity index (χ2n) is 4.93. The molecule has 7 heteroatoms. The fraction of sp³-hybridized carbons (Fsp3) is 0.538. The molecule has 1 saturated heterocycles. The summed E-state index contributed by atoms with van der Waals surface area (Å²) >= 11 is 0. The maximum atomic E-state index is 13.9. The molecule has 0 aliphatic carbocycles. The average molecular weight is 301 g/mol. The van der Waals surface area contributed by atoms with Crippen LogP contribution in [-0.2, 0) is 16.4 Å². The highest BCUT2D eigenvalue weighted by Gasteiger charge is 2.25. The van der Waals surface area contributed by atoms with Crippen molar-refractivity contribution in [1.29, 1.82) is 0 Å². The lowest BCUT2D eigenvalue weighted by Gasteiger charge is -2.35. The third-order valence-electron chi connectivity index (χ3n) is 3.54. The van der Waals surface area contributed by atoms with Crippen LogP contribution in [0.2, 0.25) is 0 Å². The van der Waals surface area contributed by atoms with Crippen LogP contribution < -0.4 is 10.6 Å². The van der Waals surface area contributed by atoms with Gasteiger partial charge < -0.3 is 10.6 Å². The molecule has 1 aliphatic heterocycles. The standard InChI is InChI=1S/C13H20FN3O2S/c1-20(18,19)17-9-7-16(8-10-17)13-4-2-3-12(14)11(13)5-6-15/h2-4H,5-10,15H2,1H3. The third-order valence-corrected chi connectivity index (χ3v) is 4.84. The number of hydrogen-bond donors (Lipinski definition) is 1. The lowest BCUT2D eigenvalue weighted by atomic mass is 10.1. The van der Waals surface area contributed by atoms with Crippen LogP contribution in [0.15, 0.2) is 18.2 Å². The van der Waals surface area contributed by atoms with Crippen LogP contribution in [0.3, 0.4) is 0 Å². The van der Waals surface area contributed by atoms with E-state index in [1.54, 1.807) is 6.07 Å². The minimum absolute atomic E-state index is 0.251. The second kappa shape index (κ2) is 6.07. The van der Waals surface area contributed by atoms with Crippen molar-refractivity contribution in [3.63, 3.8) is 0 Å². The SMILES string of the molecule is CS(=O)(=O)N1CCN(c2cccc(F)c2CCN)CC1. The Morgan fingerprint density at radius 3 is 2.45 bits per heavy atom. The maximum Gasteiger partial charge on any atom is 0.211 e. The summed E-state index contributed by atoms with van der Waals surface area (Å²) < 4.78 is 38.3. The molecule has 1 aromatic carbocycles. The molecule has 112 valence electrons. The summed E-state index contributed by atoms with van der Waals surface area (Å²) in [7, 11) is -3.15. The molecule has 0 unspecified atom stereocenters. The summed E-state index contributed by atoms with van der Waals surface area (Å²) in [6.07, 6.45) is 1.69. The average Bonchev–Trinajstić information content (AvgIpc) is 2.40. The summed E-state index contributed by atoms with van der Waals surface area (Å²) in [5.41, 5.74) is 6.97. The van der Waals surface area contributed by atoms with Crippen LogP contribution in [0.4, 0.5) is 10.1 Å². The summed E-state index contributed by atoms with van der Waals surface area (Å²) in [4.78, 5) is 2.02. The molecule has 2 rings (SSSR count). The first kappa shape index (κ1) is 15.2. The van der Waals surface area contributed by atoms with E-state index < -0.39 is 10.0 Å². The monoisotopic (exact) mass is 301 g/mol. The highest BCUT2D eigenvalue weighted by Crippen LogP contribution is 2.25. The first-order valence-corrected chi connectivity index (χ1v) is 8.46. The van der Waals surface area contributed by atoms with Crippen molar-refractivity contribution in [2.75, 3.05) is 43.9 Å². The van der Waals surface area contributed by atoms with E-state index in [0.717, 1.165) is 5.69 Å². The van der Waals surface area contributed by atoms with Crippen LogP contribution in [0, 0.1) is 5.82 Å². The van der Waals surface area contributed by atoms with E-state index >= 15 is 0 Å². The zero-order valence-electron chi connectivity index (χ0n) is 11.5. The molecule has 5 nitrogen and oxygen atoms in total. The molecule has 1 heterocycles. The number of rotatable bonds is 4. The smallest absolute Gasteiger partial charge is 0.211 e. The van der Waals surface area contributed by atoms with Gasteiger partial charge in [-0.05, 0) is 25.1 Å². The number of benzene rings is 1. The first-order chi connectivity index (χ1) is 9.43. The van der Waals surface area contributed by atoms with Crippen LogP contribution in [0.1, 0.15) is 5.56 Å². The molecule has 2 N–H and O–H groups in total. The van der Waals surface area contributed by atoms with E-state index in [1.165, 1.54) is 16.6 Å². The van der Waals surface area contributed by atoms with Crippen molar-refractivity contribution in [3.05, 3.63) is 29.6 Å². The van der Waals surface area contributed by atoms with Crippen LogP contribution in [0.5, 0.6) is 0 Å². The van der Waals surface area contributed by atoms with E-state index in [-0.39, 0.29) is 5.82 Å². The normalized spacial score (nSPS) is 17.4. The van der Waals surface area contributed by atoms with Crippen molar-refractivity contribution in [1.82, 2.24) is 4.31 Å². The van der Waals surface area contributed by atoms with Crippen LogP contribution in [-0.4, -0.2) is 51.7 Å². The predicted octanol–water partition coefficient (Wildman–Crippen LogP) is 0.408. The van der Waals surface area contributed by atoms with E-state index in [1.807, 2.05) is 11.0 Å². The van der Waals surface area contributed by atoms with Gasteiger partial charge >= 0.3 is 0 Å². The highest BCUT2D eigenvalue weighted by atomic mass is 32.2. The Morgan fingerprint density at radius 1 is 1.25 bits per heavy atom. The van der Waals surface area contributed by atoms with E-state index in [4.69, 9.17) is 5.73 Å². The Hall–Kier alpha value is -1.18. The number of hydrogen-bond acceptors (Lipinski definition) is 4. The molecule has 0 radical (unpaired) electrons. The van der Waals surface area contributed by atoms with Gasteiger partial charge in [-0.3, -0.25) is 0 Å². The Bertz CT molecular complexity index is 569. The first-order valence-electron chi connectivity index (χ1n) is 6.61. The molecule has 0 atom stereocenters. The fourth-order valence-electron chi connectivity index (χ4n) is 2.50. The van der Waals surface area contributed by atoms with E-state index in [2.05, 4.69) is 0 Å². The van der Waals surface area contributed by atoms with Gasteiger partial charge in [0.05, 0.1) is 6.26 Å². The second-order valence-corrected chi connectivity index (χ2v) is 6.91. The number of nitrogens with two attached hydrogens (primary N) is 1. The predicted molar refractivity (Wildman–Crippen MR) is 77.8 cm³/mol. The quantitative estimate of drug-likeness (QED) is 0.875. The van der Waals surface area contributed by atoms with Gasteiger partial charge in [0.2, 0.25) is 10.0 Å². The summed E-state index contributed by atoms with van der Waals surface area (Å²) in [6.45, 7) is 2.37. The molecule has 0 saturated carbocycles. The van der Waals surface area contributed by atoms with Gasteiger partial charge in [0, 0.05) is 37.4 Å². The lowest BCUT2D eigenvalue weighted by molar-refractivity contribution is 0.387. The Labute approximate surface area is 119 Å². The van der Waals surface area contributed by atoms with Gasteiger partial charge in [-0.15, -0.1) is 0 Å². The van der Waals surface area contributed by atoms with Crippen molar-refractivity contribution in [2.45, 2.75) is 6.42 Å². The zero-order valence-corrected chi connectivity index (χ0v) is 12.4. The molecule has 1 fully saturated rings. The third kappa shape index (κ3) is 3.28. The molecular formula is C13H20FN3O2S. The number of sulfonamides is 1. The lowest BCUT2D eigenvalue weighted by Crippen LogP contribution is -2.48.